The zero-order valence-corrected chi connectivity index (χ0v) is 18.0. The van der Waals surface area contributed by atoms with Crippen molar-refractivity contribution in [2.75, 3.05) is 19.7 Å². The predicted octanol–water partition coefficient (Wildman–Crippen LogP) is 3.00. The Labute approximate surface area is 183 Å². The summed E-state index contributed by atoms with van der Waals surface area (Å²) in [5.74, 6) is 2.60. The predicted molar refractivity (Wildman–Crippen MR) is 114 cm³/mol. The summed E-state index contributed by atoms with van der Waals surface area (Å²) in [6, 6.07) is 4.11. The number of aromatic nitrogens is 4. The summed E-state index contributed by atoms with van der Waals surface area (Å²) >= 11 is 0. The summed E-state index contributed by atoms with van der Waals surface area (Å²) < 4.78 is 8.54. The number of carbonyl (C=O) groups is 1. The maximum atomic E-state index is 12.9. The summed E-state index contributed by atoms with van der Waals surface area (Å²) in [6.45, 7) is 2.57. The van der Waals surface area contributed by atoms with E-state index in [9.17, 15) is 4.79 Å². The SMILES string of the molecule is O=C(Cc1cccnc1)N1C[C@H]2C[C@@H](n3cc(C4CC4)nn3)[C@H](OCC3CC3)C[C@H]2C1. The number of hydrogen-bond donors (Lipinski definition) is 0. The van der Waals surface area contributed by atoms with Crippen LogP contribution in [0.15, 0.2) is 30.7 Å². The molecule has 0 radical (unpaired) electrons. The molecule has 3 saturated carbocycles. The van der Waals surface area contributed by atoms with Gasteiger partial charge in [0.15, 0.2) is 0 Å². The monoisotopic (exact) mass is 421 g/mol. The molecule has 31 heavy (non-hydrogen) atoms. The quantitative estimate of drug-likeness (QED) is 0.687. The lowest BCUT2D eigenvalue weighted by Gasteiger charge is -2.37. The van der Waals surface area contributed by atoms with E-state index < -0.39 is 0 Å². The topological polar surface area (TPSA) is 73.1 Å². The third kappa shape index (κ3) is 4.25. The number of nitrogens with zero attached hydrogens (tertiary/aromatic N) is 5. The number of ether oxygens (including phenoxy) is 1. The van der Waals surface area contributed by atoms with Gasteiger partial charge in [0.2, 0.25) is 5.91 Å². The van der Waals surface area contributed by atoms with Crippen LogP contribution in [0.3, 0.4) is 0 Å². The molecule has 1 saturated heterocycles. The standard InChI is InChI=1S/C24H31N5O2/c30-24(8-17-2-1-7-25-11-17)28-12-19-9-22(29-14-21(26-27-29)18-5-6-18)23(10-20(19)13-28)31-15-16-3-4-16/h1-2,7,11,14,16,18-20,22-23H,3-6,8-10,12-13,15H2/t19-,20+,22-,23-/m1/s1. The molecule has 3 aliphatic carbocycles. The number of amides is 1. The van der Waals surface area contributed by atoms with Crippen molar-refractivity contribution in [1.82, 2.24) is 24.9 Å². The molecule has 1 amide bonds. The van der Waals surface area contributed by atoms with Crippen molar-refractivity contribution >= 4 is 5.91 Å². The molecule has 2 aromatic heterocycles. The van der Waals surface area contributed by atoms with Crippen molar-refractivity contribution in [3.63, 3.8) is 0 Å². The van der Waals surface area contributed by atoms with Gasteiger partial charge in [-0.05, 0) is 67.9 Å². The first kappa shape index (κ1) is 19.4. The number of carbonyl (C=O) groups excluding carboxylic acids is 1. The van der Waals surface area contributed by atoms with Crippen LogP contribution in [0.1, 0.15) is 61.7 Å². The van der Waals surface area contributed by atoms with Gasteiger partial charge in [-0.15, -0.1) is 5.10 Å². The van der Waals surface area contributed by atoms with Crippen molar-refractivity contribution in [2.45, 2.75) is 63.0 Å². The smallest absolute Gasteiger partial charge is 0.227 e. The summed E-state index contributed by atoms with van der Waals surface area (Å²) in [7, 11) is 0. The van der Waals surface area contributed by atoms with E-state index >= 15 is 0 Å². The fourth-order valence-electron chi connectivity index (χ4n) is 5.40. The largest absolute Gasteiger partial charge is 0.376 e. The Kier molecular flexibility index (Phi) is 5.01. The summed E-state index contributed by atoms with van der Waals surface area (Å²) in [5.41, 5.74) is 2.13. The highest BCUT2D eigenvalue weighted by molar-refractivity contribution is 5.79. The van der Waals surface area contributed by atoms with Crippen LogP contribution in [0.25, 0.3) is 0 Å². The van der Waals surface area contributed by atoms with Gasteiger partial charge in [0.25, 0.3) is 0 Å². The molecule has 0 bridgehead atoms. The van der Waals surface area contributed by atoms with Crippen LogP contribution in [0.4, 0.5) is 0 Å². The van der Waals surface area contributed by atoms with E-state index in [1.165, 1.54) is 25.7 Å². The van der Waals surface area contributed by atoms with Gasteiger partial charge < -0.3 is 9.64 Å². The minimum absolute atomic E-state index is 0.170. The van der Waals surface area contributed by atoms with Crippen LogP contribution in [-0.4, -0.2) is 56.6 Å². The molecular formula is C24H31N5O2. The van der Waals surface area contributed by atoms with Crippen molar-refractivity contribution in [2.24, 2.45) is 17.8 Å². The number of fused-ring (bicyclic) bond motifs is 1. The fraction of sp³-hybridized carbons (Fsp3) is 0.667. The van der Waals surface area contributed by atoms with Crippen molar-refractivity contribution in [3.8, 4) is 0 Å². The van der Waals surface area contributed by atoms with E-state index in [0.29, 0.717) is 24.2 Å². The molecule has 7 heteroatoms. The highest BCUT2D eigenvalue weighted by Crippen LogP contribution is 2.44. The Bertz CT molecular complexity index is 923. The normalized spacial score (nSPS) is 30.4. The van der Waals surface area contributed by atoms with E-state index in [1.807, 2.05) is 12.1 Å². The maximum Gasteiger partial charge on any atom is 0.227 e. The molecule has 164 valence electrons. The van der Waals surface area contributed by atoms with Gasteiger partial charge in [0, 0.05) is 44.2 Å². The van der Waals surface area contributed by atoms with Crippen LogP contribution in [-0.2, 0) is 16.0 Å². The average molecular weight is 422 g/mol. The zero-order chi connectivity index (χ0) is 20.8. The highest BCUT2D eigenvalue weighted by atomic mass is 16.5. The maximum absolute atomic E-state index is 12.9. The van der Waals surface area contributed by atoms with Gasteiger partial charge in [-0.1, -0.05) is 11.3 Å². The van der Waals surface area contributed by atoms with E-state index in [1.54, 1.807) is 12.4 Å². The van der Waals surface area contributed by atoms with Gasteiger partial charge in [-0.25, -0.2) is 4.68 Å². The highest BCUT2D eigenvalue weighted by Gasteiger charge is 2.45. The second-order valence-corrected chi connectivity index (χ2v) is 10.1. The molecule has 0 aromatic carbocycles. The molecule has 0 unspecified atom stereocenters. The lowest BCUT2D eigenvalue weighted by Crippen LogP contribution is -2.38. The molecular weight excluding hydrogens is 390 g/mol. The summed E-state index contributed by atoms with van der Waals surface area (Å²) in [6.07, 6.45) is 13.4. The van der Waals surface area contributed by atoms with Crippen LogP contribution < -0.4 is 0 Å². The van der Waals surface area contributed by atoms with Gasteiger partial charge in [-0.3, -0.25) is 9.78 Å². The molecule has 6 rings (SSSR count). The van der Waals surface area contributed by atoms with Gasteiger partial charge in [-0.2, -0.15) is 0 Å². The molecule has 4 fully saturated rings. The van der Waals surface area contributed by atoms with Crippen LogP contribution in [0.5, 0.6) is 0 Å². The van der Waals surface area contributed by atoms with E-state index in [2.05, 4.69) is 31.1 Å². The summed E-state index contributed by atoms with van der Waals surface area (Å²) in [5, 5.41) is 8.98. The zero-order valence-electron chi connectivity index (χ0n) is 18.0. The van der Waals surface area contributed by atoms with Crippen LogP contribution in [0.2, 0.25) is 0 Å². The first-order valence-corrected chi connectivity index (χ1v) is 11.9. The number of pyridine rings is 1. The molecule has 2 aromatic rings. The van der Waals surface area contributed by atoms with Gasteiger partial charge in [0.1, 0.15) is 0 Å². The third-order valence-corrected chi connectivity index (χ3v) is 7.62. The number of rotatable bonds is 7. The third-order valence-electron chi connectivity index (χ3n) is 7.62. The minimum Gasteiger partial charge on any atom is -0.376 e. The fourth-order valence-corrected chi connectivity index (χ4v) is 5.40. The molecule has 0 spiro atoms. The summed E-state index contributed by atoms with van der Waals surface area (Å²) in [4.78, 5) is 19.2. The second kappa shape index (κ2) is 8.01. The number of likely N-dealkylation sites (tertiary alicyclic amines) is 1. The Morgan fingerprint density at radius 3 is 2.71 bits per heavy atom. The lowest BCUT2D eigenvalue weighted by atomic mass is 9.77. The molecule has 4 aliphatic rings. The Balaban J connectivity index is 1.15. The van der Waals surface area contributed by atoms with E-state index in [-0.39, 0.29) is 18.1 Å². The molecule has 3 heterocycles. The lowest BCUT2D eigenvalue weighted by molar-refractivity contribution is -0.129. The van der Waals surface area contributed by atoms with E-state index in [0.717, 1.165) is 49.7 Å². The van der Waals surface area contributed by atoms with Crippen molar-refractivity contribution in [1.29, 1.82) is 0 Å². The van der Waals surface area contributed by atoms with Crippen LogP contribution >= 0.6 is 0 Å². The molecule has 4 atom stereocenters. The first-order valence-electron chi connectivity index (χ1n) is 11.9. The first-order chi connectivity index (χ1) is 15.2. The van der Waals surface area contributed by atoms with Crippen molar-refractivity contribution < 1.29 is 9.53 Å². The van der Waals surface area contributed by atoms with Crippen molar-refractivity contribution in [3.05, 3.63) is 42.0 Å². The second-order valence-electron chi connectivity index (χ2n) is 10.1. The van der Waals surface area contributed by atoms with Gasteiger partial charge >= 0.3 is 0 Å². The average Bonchev–Trinajstić information content (AvgIpc) is 3.71. The number of hydrogen-bond acceptors (Lipinski definition) is 5. The minimum atomic E-state index is 0.170. The Hall–Kier alpha value is -2.28. The molecule has 0 N–H and O–H groups in total. The Morgan fingerprint density at radius 1 is 1.13 bits per heavy atom. The Morgan fingerprint density at radius 2 is 1.97 bits per heavy atom. The molecule has 1 aliphatic heterocycles. The van der Waals surface area contributed by atoms with E-state index in [4.69, 9.17) is 4.74 Å². The molecule has 7 nitrogen and oxygen atoms in total. The van der Waals surface area contributed by atoms with Crippen LogP contribution in [0, 0.1) is 17.8 Å². The van der Waals surface area contributed by atoms with Gasteiger partial charge in [0.05, 0.1) is 24.3 Å².